The number of nitrogen functional groups attached to an aromatic ring is 1. The van der Waals surface area contributed by atoms with Crippen molar-refractivity contribution in [2.75, 3.05) is 44.9 Å². The number of aliphatic hydroxyl groups excluding tert-OH is 1. The maximum atomic E-state index is 12.0. The summed E-state index contributed by atoms with van der Waals surface area (Å²) in [7, 11) is 1.22. The lowest BCUT2D eigenvalue weighted by Crippen LogP contribution is -2.25. The molecular formula is C11H19N3O3S. The zero-order valence-electron chi connectivity index (χ0n) is 10.8. The molecule has 0 aliphatic carbocycles. The Labute approximate surface area is 108 Å². The molecule has 0 amide bonds. The molecule has 0 radical (unpaired) electrons. The molecule has 0 unspecified atom stereocenters. The van der Waals surface area contributed by atoms with Crippen LogP contribution in [-0.2, 0) is 10.0 Å². The van der Waals surface area contributed by atoms with Gasteiger partial charge in [-0.05, 0) is 18.2 Å². The summed E-state index contributed by atoms with van der Waals surface area (Å²) in [4.78, 5) is 1.89. The fourth-order valence-electron chi connectivity index (χ4n) is 1.50. The largest absolute Gasteiger partial charge is 0.397 e. The molecule has 0 aromatic heterocycles. The van der Waals surface area contributed by atoms with E-state index in [-0.39, 0.29) is 11.5 Å². The molecule has 102 valence electrons. The topological polar surface area (TPSA) is 86.9 Å². The summed E-state index contributed by atoms with van der Waals surface area (Å²) in [5.74, 6) is 0. The monoisotopic (exact) mass is 273 g/mol. The molecule has 0 saturated heterocycles. The van der Waals surface area contributed by atoms with Crippen LogP contribution in [0.2, 0.25) is 0 Å². The van der Waals surface area contributed by atoms with Crippen LogP contribution in [0.5, 0.6) is 0 Å². The van der Waals surface area contributed by atoms with Gasteiger partial charge < -0.3 is 15.7 Å². The van der Waals surface area contributed by atoms with Crippen LogP contribution < -0.4 is 10.6 Å². The highest BCUT2D eigenvalue weighted by Crippen LogP contribution is 2.26. The molecule has 0 spiro atoms. The second-order valence-electron chi connectivity index (χ2n) is 4.15. The van der Waals surface area contributed by atoms with E-state index in [1.54, 1.807) is 18.0 Å². The summed E-state index contributed by atoms with van der Waals surface area (Å²) < 4.78 is 25.1. The standard InChI is InChI=1S/C11H19N3O3S/c1-13(2)18(16,17)9-4-5-10(12)11(8-9)14(3)6-7-15/h4-5,8,15H,6-7,12H2,1-3H3. The van der Waals surface area contributed by atoms with Crippen LogP contribution in [-0.4, -0.2) is 52.1 Å². The third kappa shape index (κ3) is 2.92. The number of benzene rings is 1. The summed E-state index contributed by atoms with van der Waals surface area (Å²) in [5.41, 5.74) is 6.87. The van der Waals surface area contributed by atoms with Crippen molar-refractivity contribution in [1.29, 1.82) is 0 Å². The molecule has 1 aromatic carbocycles. The first-order valence-corrected chi connectivity index (χ1v) is 6.88. The number of likely N-dealkylation sites (N-methyl/N-ethyl adjacent to an activating group) is 1. The quantitative estimate of drug-likeness (QED) is 0.734. The molecule has 0 fully saturated rings. The molecule has 0 aliphatic rings. The van der Waals surface area contributed by atoms with E-state index >= 15 is 0 Å². The third-order valence-corrected chi connectivity index (χ3v) is 4.44. The van der Waals surface area contributed by atoms with Crippen molar-refractivity contribution < 1.29 is 13.5 Å². The zero-order valence-corrected chi connectivity index (χ0v) is 11.6. The van der Waals surface area contributed by atoms with Crippen molar-refractivity contribution in [3.63, 3.8) is 0 Å². The Morgan fingerprint density at radius 2 is 1.89 bits per heavy atom. The van der Waals surface area contributed by atoms with Gasteiger partial charge in [-0.3, -0.25) is 0 Å². The summed E-state index contributed by atoms with van der Waals surface area (Å²) in [6.45, 7) is 0.357. The molecule has 0 aliphatic heterocycles. The lowest BCUT2D eigenvalue weighted by atomic mass is 10.2. The number of anilines is 2. The fraction of sp³-hybridized carbons (Fsp3) is 0.455. The van der Waals surface area contributed by atoms with Gasteiger partial charge in [-0.1, -0.05) is 0 Å². The molecule has 3 N–H and O–H groups in total. The van der Waals surface area contributed by atoms with E-state index in [4.69, 9.17) is 10.8 Å². The number of nitrogens with zero attached hydrogens (tertiary/aromatic N) is 2. The van der Waals surface area contributed by atoms with Crippen molar-refractivity contribution in [2.45, 2.75) is 4.90 Å². The van der Waals surface area contributed by atoms with Gasteiger partial charge in [0.25, 0.3) is 0 Å². The van der Waals surface area contributed by atoms with E-state index in [0.717, 1.165) is 4.31 Å². The minimum atomic E-state index is -3.48. The predicted molar refractivity (Wildman–Crippen MR) is 72.1 cm³/mol. The molecule has 1 rings (SSSR count). The van der Waals surface area contributed by atoms with Crippen molar-refractivity contribution in [2.24, 2.45) is 0 Å². The van der Waals surface area contributed by atoms with Crippen molar-refractivity contribution in [3.05, 3.63) is 18.2 Å². The Morgan fingerprint density at radius 1 is 1.28 bits per heavy atom. The molecule has 18 heavy (non-hydrogen) atoms. The number of nitrogens with two attached hydrogens (primary N) is 1. The average Bonchev–Trinajstić information content (AvgIpc) is 2.29. The number of rotatable bonds is 5. The van der Waals surface area contributed by atoms with E-state index in [9.17, 15) is 8.42 Å². The smallest absolute Gasteiger partial charge is 0.242 e. The van der Waals surface area contributed by atoms with Crippen LogP contribution in [0.3, 0.4) is 0 Å². The zero-order chi connectivity index (χ0) is 13.9. The van der Waals surface area contributed by atoms with E-state index in [1.165, 1.54) is 26.2 Å². The van der Waals surface area contributed by atoms with Gasteiger partial charge in [0, 0.05) is 27.7 Å². The third-order valence-electron chi connectivity index (χ3n) is 2.63. The average molecular weight is 273 g/mol. The highest BCUT2D eigenvalue weighted by molar-refractivity contribution is 7.89. The second-order valence-corrected chi connectivity index (χ2v) is 6.31. The van der Waals surface area contributed by atoms with Crippen molar-refractivity contribution >= 4 is 21.4 Å². The second kappa shape index (κ2) is 5.55. The first kappa shape index (κ1) is 14.7. The molecule has 7 heteroatoms. The van der Waals surface area contributed by atoms with Crippen LogP contribution in [0.25, 0.3) is 0 Å². The van der Waals surface area contributed by atoms with E-state index < -0.39 is 10.0 Å². The Kier molecular flexibility index (Phi) is 4.55. The molecule has 6 nitrogen and oxygen atoms in total. The highest BCUT2D eigenvalue weighted by Gasteiger charge is 2.19. The molecule has 0 bridgehead atoms. The van der Waals surface area contributed by atoms with Crippen LogP contribution in [0.4, 0.5) is 11.4 Å². The Morgan fingerprint density at radius 3 is 2.39 bits per heavy atom. The van der Waals surface area contributed by atoms with Crippen LogP contribution in [0, 0.1) is 0 Å². The van der Waals surface area contributed by atoms with Crippen molar-refractivity contribution in [1.82, 2.24) is 4.31 Å². The molecule has 0 atom stereocenters. The van der Waals surface area contributed by atoms with Gasteiger partial charge in [0.05, 0.1) is 22.9 Å². The maximum absolute atomic E-state index is 12.0. The number of sulfonamides is 1. The lowest BCUT2D eigenvalue weighted by Gasteiger charge is -2.21. The summed E-state index contributed by atoms with van der Waals surface area (Å²) >= 11 is 0. The van der Waals surface area contributed by atoms with Crippen LogP contribution in [0.1, 0.15) is 0 Å². The molecule has 1 aromatic rings. The van der Waals surface area contributed by atoms with Crippen LogP contribution in [0.15, 0.2) is 23.1 Å². The number of aliphatic hydroxyl groups is 1. The van der Waals surface area contributed by atoms with Gasteiger partial charge in [-0.25, -0.2) is 12.7 Å². The summed E-state index contributed by atoms with van der Waals surface area (Å²) in [6.07, 6.45) is 0. The Bertz CT molecular complexity index is 514. The first-order chi connectivity index (χ1) is 8.30. The number of hydrogen-bond acceptors (Lipinski definition) is 5. The lowest BCUT2D eigenvalue weighted by molar-refractivity contribution is 0.304. The molecule has 0 saturated carbocycles. The Balaban J connectivity index is 3.24. The minimum Gasteiger partial charge on any atom is -0.397 e. The van der Waals surface area contributed by atoms with E-state index in [0.29, 0.717) is 17.9 Å². The number of hydrogen-bond donors (Lipinski definition) is 2. The van der Waals surface area contributed by atoms with Gasteiger partial charge in [0.1, 0.15) is 0 Å². The maximum Gasteiger partial charge on any atom is 0.242 e. The van der Waals surface area contributed by atoms with Gasteiger partial charge in [-0.2, -0.15) is 0 Å². The first-order valence-electron chi connectivity index (χ1n) is 5.44. The molecular weight excluding hydrogens is 254 g/mol. The van der Waals surface area contributed by atoms with Crippen molar-refractivity contribution in [3.8, 4) is 0 Å². The van der Waals surface area contributed by atoms with Gasteiger partial charge in [0.15, 0.2) is 0 Å². The predicted octanol–water partition coefficient (Wildman–Crippen LogP) is -0.0524. The van der Waals surface area contributed by atoms with Gasteiger partial charge in [0.2, 0.25) is 10.0 Å². The molecule has 0 heterocycles. The normalized spacial score (nSPS) is 11.8. The fourth-order valence-corrected chi connectivity index (χ4v) is 2.42. The SMILES string of the molecule is CN(CCO)c1cc(S(=O)(=O)N(C)C)ccc1N. The van der Waals surface area contributed by atoms with E-state index in [1.807, 2.05) is 0 Å². The minimum absolute atomic E-state index is 0.0272. The summed E-state index contributed by atoms with van der Waals surface area (Å²) in [6, 6.07) is 4.54. The summed E-state index contributed by atoms with van der Waals surface area (Å²) in [5, 5.41) is 8.90. The van der Waals surface area contributed by atoms with Gasteiger partial charge >= 0.3 is 0 Å². The Hall–Kier alpha value is -1.31. The van der Waals surface area contributed by atoms with Gasteiger partial charge in [-0.15, -0.1) is 0 Å². The highest BCUT2D eigenvalue weighted by atomic mass is 32.2. The van der Waals surface area contributed by atoms with Crippen LogP contribution >= 0.6 is 0 Å². The van der Waals surface area contributed by atoms with E-state index in [2.05, 4.69) is 0 Å².